The molecular weight excluding hydrogens is 645 g/mol. The summed E-state index contributed by atoms with van der Waals surface area (Å²) in [6.07, 6.45) is 51.7. The van der Waals surface area contributed by atoms with Crippen LogP contribution in [0.4, 0.5) is 0 Å². The number of rotatable bonds is 43. The van der Waals surface area contributed by atoms with E-state index in [2.05, 4.69) is 26.0 Å². The Hall–Kier alpha value is -1.36. The fourth-order valence-electron chi connectivity index (χ4n) is 7.01. The lowest BCUT2D eigenvalue weighted by molar-refractivity contribution is -0.161. The lowest BCUT2D eigenvalue weighted by atomic mass is 10.0. The predicted octanol–water partition coefficient (Wildman–Crippen LogP) is 14.9. The van der Waals surface area contributed by atoms with Crippen LogP contribution in [0.25, 0.3) is 0 Å². The molecule has 0 bridgehead atoms. The first kappa shape index (κ1) is 50.6. The van der Waals surface area contributed by atoms with Crippen molar-refractivity contribution >= 4 is 11.9 Å². The average Bonchev–Trinajstić information content (AvgIpc) is 3.15. The number of hydrogen-bond acceptors (Lipinski definition) is 5. The summed E-state index contributed by atoms with van der Waals surface area (Å²) in [5, 5.41) is 9.56. The number of aliphatic hydroxyl groups is 1. The summed E-state index contributed by atoms with van der Waals surface area (Å²) in [6.45, 7) is 4.12. The number of allylic oxidation sites excluding steroid dienone is 2. The minimum atomic E-state index is -0.769. The van der Waals surface area contributed by atoms with Crippen LogP contribution in [0.15, 0.2) is 12.2 Å². The Labute approximate surface area is 324 Å². The zero-order valence-corrected chi connectivity index (χ0v) is 35.1. The first-order chi connectivity index (χ1) is 25.6. The number of carbonyl (C=O) groups is 2. The molecule has 5 nitrogen and oxygen atoms in total. The van der Waals surface area contributed by atoms with Crippen LogP contribution in [0.1, 0.15) is 258 Å². The summed E-state index contributed by atoms with van der Waals surface area (Å²) < 4.78 is 10.6. The first-order valence-electron chi connectivity index (χ1n) is 23.2. The molecule has 0 spiro atoms. The highest BCUT2D eigenvalue weighted by Crippen LogP contribution is 2.17. The number of carbonyl (C=O) groups excluding carboxylic acids is 2. The SMILES string of the molecule is CCCC/C=C\CCCCCCCC(=O)OC(CO)COC(=O)CCCCCCCCCCCCCCCCCCCCCCCCCCCCC. The number of hydrogen-bond donors (Lipinski definition) is 1. The second kappa shape index (κ2) is 44.0. The van der Waals surface area contributed by atoms with Crippen LogP contribution >= 0.6 is 0 Å². The number of ether oxygens (including phenoxy) is 2. The van der Waals surface area contributed by atoms with Gasteiger partial charge in [0.05, 0.1) is 6.61 Å². The van der Waals surface area contributed by atoms with Gasteiger partial charge in [0.2, 0.25) is 0 Å². The molecule has 0 amide bonds. The molecule has 0 aliphatic rings. The van der Waals surface area contributed by atoms with E-state index in [0.717, 1.165) is 38.5 Å². The summed E-state index contributed by atoms with van der Waals surface area (Å²) in [5.74, 6) is -0.589. The number of esters is 2. The quantitative estimate of drug-likeness (QED) is 0.0383. The Balaban J connectivity index is 3.39. The van der Waals surface area contributed by atoms with E-state index in [1.54, 1.807) is 0 Å². The zero-order chi connectivity index (χ0) is 37.8. The fraction of sp³-hybridized carbons (Fsp3) is 0.915. The number of aliphatic hydroxyl groups excluding tert-OH is 1. The predicted molar refractivity (Wildman–Crippen MR) is 224 cm³/mol. The minimum Gasteiger partial charge on any atom is -0.462 e. The second-order valence-corrected chi connectivity index (χ2v) is 15.8. The Bertz CT molecular complexity index is 750. The van der Waals surface area contributed by atoms with E-state index in [4.69, 9.17) is 9.47 Å². The Kier molecular flexibility index (Phi) is 42.9. The Morgan fingerprint density at radius 3 is 1.10 bits per heavy atom. The highest BCUT2D eigenvalue weighted by Gasteiger charge is 2.16. The maximum absolute atomic E-state index is 12.1. The smallest absolute Gasteiger partial charge is 0.306 e. The van der Waals surface area contributed by atoms with Gasteiger partial charge in [0, 0.05) is 12.8 Å². The third-order valence-corrected chi connectivity index (χ3v) is 10.6. The molecule has 0 fully saturated rings. The van der Waals surface area contributed by atoms with E-state index in [1.807, 2.05) is 0 Å². The van der Waals surface area contributed by atoms with E-state index in [-0.39, 0.29) is 25.2 Å². The van der Waals surface area contributed by atoms with Crippen LogP contribution in [-0.4, -0.2) is 36.4 Å². The van der Waals surface area contributed by atoms with Gasteiger partial charge < -0.3 is 14.6 Å². The van der Waals surface area contributed by atoms with Crippen molar-refractivity contribution < 1.29 is 24.2 Å². The summed E-state index contributed by atoms with van der Waals surface area (Å²) >= 11 is 0. The molecule has 0 aliphatic heterocycles. The van der Waals surface area contributed by atoms with Gasteiger partial charge >= 0.3 is 11.9 Å². The molecule has 52 heavy (non-hydrogen) atoms. The zero-order valence-electron chi connectivity index (χ0n) is 35.1. The lowest BCUT2D eigenvalue weighted by Gasteiger charge is -2.15. The molecule has 0 rings (SSSR count). The van der Waals surface area contributed by atoms with Gasteiger partial charge in [-0.25, -0.2) is 0 Å². The van der Waals surface area contributed by atoms with Crippen molar-refractivity contribution in [1.82, 2.24) is 0 Å². The summed E-state index contributed by atoms with van der Waals surface area (Å²) in [6, 6.07) is 0. The molecule has 5 heteroatoms. The molecular formula is C47H90O5. The molecule has 1 unspecified atom stereocenters. The molecule has 1 atom stereocenters. The third-order valence-electron chi connectivity index (χ3n) is 10.6. The highest BCUT2D eigenvalue weighted by molar-refractivity contribution is 5.70. The molecule has 0 aromatic rings. The van der Waals surface area contributed by atoms with Gasteiger partial charge in [-0.05, 0) is 32.1 Å². The van der Waals surface area contributed by atoms with Crippen LogP contribution < -0.4 is 0 Å². The maximum Gasteiger partial charge on any atom is 0.306 e. The van der Waals surface area contributed by atoms with Crippen LogP contribution in [0.5, 0.6) is 0 Å². The molecule has 0 saturated carbocycles. The van der Waals surface area contributed by atoms with Gasteiger partial charge in [-0.3, -0.25) is 9.59 Å². The highest BCUT2D eigenvalue weighted by atomic mass is 16.6. The van der Waals surface area contributed by atoms with Gasteiger partial charge in [-0.1, -0.05) is 225 Å². The first-order valence-corrected chi connectivity index (χ1v) is 23.2. The second-order valence-electron chi connectivity index (χ2n) is 15.8. The average molecular weight is 735 g/mol. The van der Waals surface area contributed by atoms with Crippen molar-refractivity contribution in [3.63, 3.8) is 0 Å². The van der Waals surface area contributed by atoms with Crippen LogP contribution in [0, 0.1) is 0 Å². The Morgan fingerprint density at radius 1 is 0.423 bits per heavy atom. The molecule has 0 saturated heterocycles. The molecule has 1 N–H and O–H groups in total. The summed E-state index contributed by atoms with van der Waals surface area (Å²) in [5.41, 5.74) is 0. The van der Waals surface area contributed by atoms with Gasteiger partial charge in [-0.2, -0.15) is 0 Å². The van der Waals surface area contributed by atoms with Crippen molar-refractivity contribution in [2.45, 2.75) is 264 Å². The number of unbranched alkanes of at least 4 members (excludes halogenated alkanes) is 33. The molecule has 0 aliphatic carbocycles. The third kappa shape index (κ3) is 41.4. The monoisotopic (exact) mass is 735 g/mol. The van der Waals surface area contributed by atoms with Crippen molar-refractivity contribution in [1.29, 1.82) is 0 Å². The summed E-state index contributed by atoms with van der Waals surface area (Å²) in [4.78, 5) is 24.3. The van der Waals surface area contributed by atoms with Crippen LogP contribution in [0.2, 0.25) is 0 Å². The van der Waals surface area contributed by atoms with Crippen LogP contribution in [0.3, 0.4) is 0 Å². The van der Waals surface area contributed by atoms with E-state index in [9.17, 15) is 14.7 Å². The van der Waals surface area contributed by atoms with Gasteiger partial charge in [0.1, 0.15) is 6.61 Å². The van der Waals surface area contributed by atoms with Gasteiger partial charge in [0.25, 0.3) is 0 Å². The maximum atomic E-state index is 12.1. The molecule has 308 valence electrons. The largest absolute Gasteiger partial charge is 0.462 e. The van der Waals surface area contributed by atoms with E-state index < -0.39 is 6.10 Å². The molecule has 0 aromatic heterocycles. The van der Waals surface area contributed by atoms with Crippen LogP contribution in [-0.2, 0) is 19.1 Å². The lowest BCUT2D eigenvalue weighted by Crippen LogP contribution is -2.28. The fourth-order valence-corrected chi connectivity index (χ4v) is 7.01. The van der Waals surface area contributed by atoms with Crippen molar-refractivity contribution in [2.75, 3.05) is 13.2 Å². The Morgan fingerprint density at radius 2 is 0.731 bits per heavy atom. The van der Waals surface area contributed by atoms with Crippen molar-refractivity contribution in [3.8, 4) is 0 Å². The molecule has 0 radical (unpaired) electrons. The van der Waals surface area contributed by atoms with Crippen molar-refractivity contribution in [3.05, 3.63) is 12.2 Å². The van der Waals surface area contributed by atoms with Gasteiger partial charge in [-0.15, -0.1) is 0 Å². The standard InChI is InChI=1S/C47H90O5/c1-3-5-7-9-11-13-15-16-17-18-19-20-21-22-23-24-25-26-27-28-29-30-32-33-35-37-39-41-46(49)51-44-45(43-48)52-47(50)42-40-38-36-34-31-14-12-10-8-6-4-2/h10,12,45,48H,3-9,11,13-44H2,1-2H3/b12-10-. The van der Waals surface area contributed by atoms with E-state index >= 15 is 0 Å². The normalized spacial score (nSPS) is 12.1. The van der Waals surface area contributed by atoms with Crippen molar-refractivity contribution in [2.24, 2.45) is 0 Å². The summed E-state index contributed by atoms with van der Waals surface area (Å²) in [7, 11) is 0. The van der Waals surface area contributed by atoms with E-state index in [1.165, 1.54) is 193 Å². The topological polar surface area (TPSA) is 72.8 Å². The minimum absolute atomic E-state index is 0.0631. The van der Waals surface area contributed by atoms with Gasteiger partial charge in [0.15, 0.2) is 6.10 Å². The van der Waals surface area contributed by atoms with E-state index in [0.29, 0.717) is 12.8 Å². The molecule has 0 heterocycles. The molecule has 0 aromatic carbocycles.